The van der Waals surface area contributed by atoms with E-state index >= 15 is 0 Å². The van der Waals surface area contributed by atoms with E-state index < -0.39 is 12.1 Å². The van der Waals surface area contributed by atoms with Gasteiger partial charge in [0.15, 0.2) is 6.10 Å². The topological polar surface area (TPSA) is 46.5 Å². The number of aliphatic carboxylic acids is 1. The van der Waals surface area contributed by atoms with Gasteiger partial charge in [0.25, 0.3) is 0 Å². The monoisotopic (exact) mass is 256 g/mol. The lowest BCUT2D eigenvalue weighted by Gasteiger charge is -2.16. The third-order valence-corrected chi connectivity index (χ3v) is 2.89. The van der Waals surface area contributed by atoms with Crippen LogP contribution in [0, 0.1) is 0 Å². The maximum absolute atomic E-state index is 11.1. The summed E-state index contributed by atoms with van der Waals surface area (Å²) in [5.74, 6) is -0.340. The molecule has 0 saturated heterocycles. The molecule has 0 aromatic heterocycles. The van der Waals surface area contributed by atoms with Crippen molar-refractivity contribution in [1.82, 2.24) is 0 Å². The molecule has 1 N–H and O–H groups in total. The molecule has 0 amide bonds. The first-order valence-corrected chi connectivity index (χ1v) is 6.26. The summed E-state index contributed by atoms with van der Waals surface area (Å²) >= 11 is 0. The van der Waals surface area contributed by atoms with E-state index in [0.717, 1.165) is 11.1 Å². The minimum Gasteiger partial charge on any atom is -0.479 e. The lowest BCUT2D eigenvalue weighted by molar-refractivity contribution is -0.145. The molecular formula is C16H16O3. The molecule has 19 heavy (non-hydrogen) atoms. The number of hydrogen-bond donors (Lipinski definition) is 1. The van der Waals surface area contributed by atoms with Crippen molar-refractivity contribution in [1.29, 1.82) is 0 Å². The quantitative estimate of drug-likeness (QED) is 0.889. The second kappa shape index (κ2) is 6.05. The Hall–Kier alpha value is -2.29. The maximum Gasteiger partial charge on any atom is 0.344 e. The summed E-state index contributed by atoms with van der Waals surface area (Å²) in [7, 11) is 0. The molecule has 3 heteroatoms. The molecule has 2 aromatic carbocycles. The molecule has 0 aliphatic heterocycles. The Morgan fingerprint density at radius 3 is 2.37 bits per heavy atom. The van der Waals surface area contributed by atoms with Crippen LogP contribution in [0.25, 0.3) is 11.1 Å². The van der Waals surface area contributed by atoms with Crippen molar-refractivity contribution < 1.29 is 14.6 Å². The fourth-order valence-electron chi connectivity index (χ4n) is 1.89. The lowest BCUT2D eigenvalue weighted by Crippen LogP contribution is -2.26. The van der Waals surface area contributed by atoms with Crippen LogP contribution in [0.2, 0.25) is 0 Å². The Morgan fingerprint density at radius 2 is 1.74 bits per heavy atom. The van der Waals surface area contributed by atoms with Crippen LogP contribution in [0.1, 0.15) is 13.3 Å². The lowest BCUT2D eigenvalue weighted by atomic mass is 10.0. The van der Waals surface area contributed by atoms with Crippen molar-refractivity contribution in [2.24, 2.45) is 0 Å². The highest BCUT2D eigenvalue weighted by molar-refractivity contribution is 5.74. The molecule has 0 radical (unpaired) electrons. The van der Waals surface area contributed by atoms with Crippen molar-refractivity contribution in [3.8, 4) is 16.9 Å². The number of carbonyl (C=O) groups is 1. The van der Waals surface area contributed by atoms with Crippen LogP contribution in [-0.2, 0) is 4.79 Å². The smallest absolute Gasteiger partial charge is 0.344 e. The van der Waals surface area contributed by atoms with E-state index in [4.69, 9.17) is 9.84 Å². The Labute approximate surface area is 112 Å². The minimum absolute atomic E-state index is 0.429. The highest BCUT2D eigenvalue weighted by Crippen LogP contribution is 2.30. The van der Waals surface area contributed by atoms with Gasteiger partial charge in [-0.2, -0.15) is 0 Å². The predicted octanol–water partition coefficient (Wildman–Crippen LogP) is 3.60. The van der Waals surface area contributed by atoms with Gasteiger partial charge >= 0.3 is 5.97 Å². The molecule has 1 atom stereocenters. The van der Waals surface area contributed by atoms with Gasteiger partial charge in [-0.05, 0) is 18.1 Å². The minimum atomic E-state index is -0.939. The Balaban J connectivity index is 2.34. The van der Waals surface area contributed by atoms with Crippen LogP contribution in [0.5, 0.6) is 5.75 Å². The van der Waals surface area contributed by atoms with E-state index in [2.05, 4.69) is 0 Å². The van der Waals surface area contributed by atoms with Crippen LogP contribution in [-0.4, -0.2) is 17.2 Å². The summed E-state index contributed by atoms with van der Waals surface area (Å²) < 4.78 is 5.61. The number of carboxylic acid groups (broad SMARTS) is 1. The zero-order chi connectivity index (χ0) is 13.7. The van der Waals surface area contributed by atoms with Crippen LogP contribution in [0.3, 0.4) is 0 Å². The standard InChI is InChI=1S/C16H16O3/c1-2-14(16(17)18)19-15-11-7-6-10-13(15)12-8-4-3-5-9-12/h3-11,14H,2H2,1H3,(H,17,18)/t14-/m1/s1. The summed E-state index contributed by atoms with van der Waals surface area (Å²) in [5.41, 5.74) is 1.92. The van der Waals surface area contributed by atoms with Gasteiger partial charge in [-0.25, -0.2) is 4.79 Å². The molecular weight excluding hydrogens is 240 g/mol. The second-order valence-corrected chi connectivity index (χ2v) is 4.22. The summed E-state index contributed by atoms with van der Waals surface area (Å²) in [6.45, 7) is 1.80. The normalized spacial score (nSPS) is 11.8. The van der Waals surface area contributed by atoms with Gasteiger partial charge in [-0.3, -0.25) is 0 Å². The molecule has 0 heterocycles. The molecule has 0 aliphatic rings. The maximum atomic E-state index is 11.1. The van der Waals surface area contributed by atoms with Crippen LogP contribution >= 0.6 is 0 Å². The average molecular weight is 256 g/mol. The zero-order valence-corrected chi connectivity index (χ0v) is 10.7. The van der Waals surface area contributed by atoms with E-state index in [9.17, 15) is 4.79 Å². The molecule has 2 aromatic rings. The van der Waals surface area contributed by atoms with Crippen LogP contribution in [0.15, 0.2) is 54.6 Å². The molecule has 0 spiro atoms. The fraction of sp³-hybridized carbons (Fsp3) is 0.188. The Bertz CT molecular complexity index is 549. The van der Waals surface area contributed by atoms with Gasteiger partial charge in [0.05, 0.1) is 0 Å². The van der Waals surface area contributed by atoms with Gasteiger partial charge in [-0.1, -0.05) is 55.5 Å². The highest BCUT2D eigenvalue weighted by atomic mass is 16.5. The molecule has 0 aliphatic carbocycles. The molecule has 0 bridgehead atoms. The molecule has 2 rings (SSSR count). The van der Waals surface area contributed by atoms with Crippen LogP contribution in [0.4, 0.5) is 0 Å². The van der Waals surface area contributed by atoms with E-state index in [1.807, 2.05) is 48.5 Å². The summed E-state index contributed by atoms with van der Waals surface area (Å²) in [4.78, 5) is 11.1. The number of ether oxygens (including phenoxy) is 1. The number of hydrogen-bond acceptors (Lipinski definition) is 2. The van der Waals surface area contributed by atoms with Gasteiger partial charge in [0.1, 0.15) is 5.75 Å². The molecule has 0 saturated carbocycles. The first kappa shape index (κ1) is 13.1. The number of carboxylic acids is 1. The molecule has 0 unspecified atom stereocenters. The Morgan fingerprint density at radius 1 is 1.11 bits per heavy atom. The van der Waals surface area contributed by atoms with Crippen LogP contribution < -0.4 is 4.74 Å². The number of rotatable bonds is 5. The number of para-hydroxylation sites is 1. The number of benzene rings is 2. The first-order valence-electron chi connectivity index (χ1n) is 6.26. The van der Waals surface area contributed by atoms with Crippen molar-refractivity contribution in [3.63, 3.8) is 0 Å². The summed E-state index contributed by atoms with van der Waals surface area (Å²) in [5, 5.41) is 9.07. The van der Waals surface area contributed by atoms with E-state index in [1.165, 1.54) is 0 Å². The SMILES string of the molecule is CC[C@@H](Oc1ccccc1-c1ccccc1)C(=O)O. The van der Waals surface area contributed by atoms with Gasteiger partial charge in [-0.15, -0.1) is 0 Å². The molecule has 98 valence electrons. The van der Waals surface area contributed by atoms with E-state index in [1.54, 1.807) is 13.0 Å². The first-order chi connectivity index (χ1) is 9.22. The highest BCUT2D eigenvalue weighted by Gasteiger charge is 2.18. The van der Waals surface area contributed by atoms with Crippen molar-refractivity contribution in [3.05, 3.63) is 54.6 Å². The van der Waals surface area contributed by atoms with Crippen molar-refractivity contribution >= 4 is 5.97 Å². The average Bonchev–Trinajstić information content (AvgIpc) is 2.45. The van der Waals surface area contributed by atoms with E-state index in [-0.39, 0.29) is 0 Å². The second-order valence-electron chi connectivity index (χ2n) is 4.22. The third-order valence-electron chi connectivity index (χ3n) is 2.89. The Kier molecular flexibility index (Phi) is 4.18. The summed E-state index contributed by atoms with van der Waals surface area (Å²) in [6.07, 6.45) is -0.386. The summed E-state index contributed by atoms with van der Waals surface area (Å²) in [6, 6.07) is 17.3. The van der Waals surface area contributed by atoms with Crippen molar-refractivity contribution in [2.75, 3.05) is 0 Å². The fourth-order valence-corrected chi connectivity index (χ4v) is 1.89. The molecule has 0 fully saturated rings. The van der Waals surface area contributed by atoms with Crippen molar-refractivity contribution in [2.45, 2.75) is 19.4 Å². The van der Waals surface area contributed by atoms with Gasteiger partial charge < -0.3 is 9.84 Å². The zero-order valence-electron chi connectivity index (χ0n) is 10.7. The third kappa shape index (κ3) is 3.13. The van der Waals surface area contributed by atoms with Gasteiger partial charge in [0, 0.05) is 5.56 Å². The van der Waals surface area contributed by atoms with Gasteiger partial charge in [0.2, 0.25) is 0 Å². The predicted molar refractivity (Wildman–Crippen MR) is 74.2 cm³/mol. The molecule has 3 nitrogen and oxygen atoms in total. The van der Waals surface area contributed by atoms with E-state index in [0.29, 0.717) is 12.2 Å². The largest absolute Gasteiger partial charge is 0.479 e.